The van der Waals surface area contributed by atoms with Crippen LogP contribution in [0.4, 0.5) is 0 Å². The lowest BCUT2D eigenvalue weighted by atomic mass is 9.98. The van der Waals surface area contributed by atoms with E-state index >= 15 is 0 Å². The molecule has 11 heteroatoms. The van der Waals surface area contributed by atoms with Crippen LogP contribution < -0.4 is 20.7 Å². The Bertz CT molecular complexity index is 1430. The van der Waals surface area contributed by atoms with Gasteiger partial charge in [0.2, 0.25) is 11.8 Å². The van der Waals surface area contributed by atoms with Crippen LogP contribution in [0.15, 0.2) is 57.2 Å². The second-order valence-corrected chi connectivity index (χ2v) is 7.95. The van der Waals surface area contributed by atoms with Crippen molar-refractivity contribution in [1.82, 2.24) is 14.6 Å². The van der Waals surface area contributed by atoms with Gasteiger partial charge in [-0.15, -0.1) is 0 Å². The van der Waals surface area contributed by atoms with Crippen molar-refractivity contribution in [2.75, 3.05) is 14.2 Å². The first kappa shape index (κ1) is 23.1. The molecule has 0 saturated heterocycles. The molecule has 2 N–H and O–H groups in total. The molecule has 1 amide bonds. The maximum Gasteiger partial charge on any atom is 0.335 e. The van der Waals surface area contributed by atoms with Crippen LogP contribution in [0.5, 0.6) is 17.4 Å². The lowest BCUT2D eigenvalue weighted by Crippen LogP contribution is -2.33. The Balaban J connectivity index is 1.82. The number of H-pyrrole nitrogens is 1. The number of carbonyl (C=O) groups excluding carboxylic acids is 1. The van der Waals surface area contributed by atoms with Gasteiger partial charge in [0.25, 0.3) is 5.56 Å². The summed E-state index contributed by atoms with van der Waals surface area (Å²) < 4.78 is 11.6. The topological polar surface area (TPSA) is 126 Å². The minimum Gasteiger partial charge on any atom is -0.493 e. The van der Waals surface area contributed by atoms with E-state index in [1.165, 1.54) is 32.2 Å². The molecule has 3 aromatic rings. The van der Waals surface area contributed by atoms with E-state index in [1.807, 2.05) is 0 Å². The molecule has 0 radical (unpaired) electrons. The third-order valence-electron chi connectivity index (χ3n) is 5.47. The molecule has 1 unspecified atom stereocenters. The first-order valence-corrected chi connectivity index (χ1v) is 10.6. The van der Waals surface area contributed by atoms with Gasteiger partial charge in [0.1, 0.15) is 5.56 Å². The van der Waals surface area contributed by atoms with E-state index in [4.69, 9.17) is 21.1 Å². The van der Waals surface area contributed by atoms with Crippen molar-refractivity contribution in [3.05, 3.63) is 79.5 Å². The Morgan fingerprint density at radius 1 is 1.15 bits per heavy atom. The SMILES string of the molecule is COc1ccc(C2CC(c3c(O)n(-c4cccc(Cl)c4)c(=O)[nH]c3=O)=NN2C(C)=O)cc1OC. The number of ether oxygens (including phenoxy) is 2. The molecule has 176 valence electrons. The van der Waals surface area contributed by atoms with E-state index in [0.717, 1.165) is 4.57 Å². The van der Waals surface area contributed by atoms with E-state index in [9.17, 15) is 19.5 Å². The van der Waals surface area contributed by atoms with Crippen LogP contribution >= 0.6 is 11.6 Å². The number of rotatable bonds is 5. The van der Waals surface area contributed by atoms with Crippen molar-refractivity contribution in [2.24, 2.45) is 5.10 Å². The number of hydrazone groups is 1. The van der Waals surface area contributed by atoms with E-state index in [0.29, 0.717) is 22.1 Å². The minimum absolute atomic E-state index is 0.111. The maximum atomic E-state index is 12.7. The first-order chi connectivity index (χ1) is 16.2. The van der Waals surface area contributed by atoms with Crippen LogP contribution in [0.3, 0.4) is 0 Å². The summed E-state index contributed by atoms with van der Waals surface area (Å²) in [6.07, 6.45) is 0.111. The molecule has 0 spiro atoms. The van der Waals surface area contributed by atoms with E-state index in [-0.39, 0.29) is 29.3 Å². The third kappa shape index (κ3) is 4.03. The Kier molecular flexibility index (Phi) is 6.16. The highest BCUT2D eigenvalue weighted by Gasteiger charge is 2.35. The molecule has 0 bridgehead atoms. The van der Waals surface area contributed by atoms with Crippen LogP contribution in [-0.2, 0) is 4.79 Å². The second-order valence-electron chi connectivity index (χ2n) is 7.52. The molecule has 10 nitrogen and oxygen atoms in total. The van der Waals surface area contributed by atoms with Crippen LogP contribution in [0.2, 0.25) is 5.02 Å². The van der Waals surface area contributed by atoms with Crippen molar-refractivity contribution in [3.8, 4) is 23.1 Å². The monoisotopic (exact) mass is 484 g/mol. The summed E-state index contributed by atoms with van der Waals surface area (Å²) in [6.45, 7) is 1.34. The van der Waals surface area contributed by atoms with Gasteiger partial charge in [-0.3, -0.25) is 14.6 Å². The van der Waals surface area contributed by atoms with Crippen LogP contribution in [-0.4, -0.2) is 45.5 Å². The molecule has 1 atom stereocenters. The van der Waals surface area contributed by atoms with Gasteiger partial charge in [-0.2, -0.15) is 5.10 Å². The lowest BCUT2D eigenvalue weighted by Gasteiger charge is -2.21. The highest BCUT2D eigenvalue weighted by atomic mass is 35.5. The predicted molar refractivity (Wildman–Crippen MR) is 125 cm³/mol. The number of aromatic nitrogens is 2. The van der Waals surface area contributed by atoms with Gasteiger partial charge >= 0.3 is 5.69 Å². The zero-order valence-corrected chi connectivity index (χ0v) is 19.3. The van der Waals surface area contributed by atoms with E-state index in [2.05, 4.69) is 10.1 Å². The van der Waals surface area contributed by atoms with Crippen molar-refractivity contribution in [1.29, 1.82) is 0 Å². The number of hydrogen-bond acceptors (Lipinski definition) is 7. The zero-order chi connectivity index (χ0) is 24.6. The summed E-state index contributed by atoms with van der Waals surface area (Å²) >= 11 is 6.03. The van der Waals surface area contributed by atoms with Crippen molar-refractivity contribution in [2.45, 2.75) is 19.4 Å². The van der Waals surface area contributed by atoms with Crippen molar-refractivity contribution < 1.29 is 19.4 Å². The van der Waals surface area contributed by atoms with Gasteiger partial charge in [-0.25, -0.2) is 14.4 Å². The number of nitrogens with zero attached hydrogens (tertiary/aromatic N) is 3. The minimum atomic E-state index is -0.841. The smallest absolute Gasteiger partial charge is 0.335 e. The first-order valence-electron chi connectivity index (χ1n) is 10.2. The quantitative estimate of drug-likeness (QED) is 0.573. The summed E-state index contributed by atoms with van der Waals surface area (Å²) in [5.74, 6) is 0.00898. The van der Waals surface area contributed by atoms with Crippen molar-refractivity contribution in [3.63, 3.8) is 0 Å². The predicted octanol–water partition coefficient (Wildman–Crippen LogP) is 2.60. The molecular weight excluding hydrogens is 464 g/mol. The number of hydrogen-bond donors (Lipinski definition) is 2. The fourth-order valence-electron chi connectivity index (χ4n) is 3.91. The molecule has 2 heterocycles. The molecule has 1 aromatic heterocycles. The number of methoxy groups -OCH3 is 2. The van der Waals surface area contributed by atoms with Gasteiger partial charge in [-0.05, 0) is 35.9 Å². The van der Waals surface area contributed by atoms with Gasteiger partial charge < -0.3 is 14.6 Å². The van der Waals surface area contributed by atoms with Gasteiger partial charge in [0.05, 0.1) is 31.7 Å². The van der Waals surface area contributed by atoms with Crippen LogP contribution in [0, 0.1) is 0 Å². The standard InChI is InChI=1S/C23H21ClN4O6/c1-12(29)28-17(13-7-8-18(33-2)19(9-13)34-3)11-16(26-28)20-21(30)25-23(32)27(22(20)31)15-6-4-5-14(24)10-15/h4-10,17,31H,11H2,1-3H3,(H,25,30,32). The number of aromatic hydroxyl groups is 1. The summed E-state index contributed by atoms with van der Waals surface area (Å²) in [5, 5.41) is 16.9. The Morgan fingerprint density at radius 3 is 2.53 bits per heavy atom. The largest absolute Gasteiger partial charge is 0.493 e. The highest BCUT2D eigenvalue weighted by molar-refractivity contribution is 6.30. The van der Waals surface area contributed by atoms with Gasteiger partial charge in [0, 0.05) is 18.4 Å². The fourth-order valence-corrected chi connectivity index (χ4v) is 4.10. The average Bonchev–Trinajstić information content (AvgIpc) is 3.23. The molecule has 0 fully saturated rings. The van der Waals surface area contributed by atoms with Gasteiger partial charge in [-0.1, -0.05) is 23.7 Å². The second kappa shape index (κ2) is 9.06. The molecule has 0 saturated carbocycles. The molecular formula is C23H21ClN4O6. The van der Waals surface area contributed by atoms with Crippen molar-refractivity contribution >= 4 is 23.2 Å². The third-order valence-corrected chi connectivity index (χ3v) is 5.70. The summed E-state index contributed by atoms with van der Waals surface area (Å²) in [7, 11) is 3.01. The van der Waals surface area contributed by atoms with E-state index < -0.39 is 23.2 Å². The Labute approximate surface area is 198 Å². The molecule has 1 aliphatic rings. The number of carbonyl (C=O) groups is 1. The number of benzene rings is 2. The number of aromatic amines is 1. The van der Waals surface area contributed by atoms with E-state index in [1.54, 1.807) is 36.4 Å². The normalized spacial score (nSPS) is 15.2. The number of halogens is 1. The van der Waals surface area contributed by atoms with Crippen LogP contribution in [0.1, 0.15) is 30.5 Å². The molecule has 34 heavy (non-hydrogen) atoms. The van der Waals surface area contributed by atoms with Crippen LogP contribution in [0.25, 0.3) is 5.69 Å². The Morgan fingerprint density at radius 2 is 1.88 bits per heavy atom. The maximum absolute atomic E-state index is 12.7. The molecule has 2 aromatic carbocycles. The number of amides is 1. The molecule has 4 rings (SSSR count). The fraction of sp³-hybridized carbons (Fsp3) is 0.217. The van der Waals surface area contributed by atoms with Gasteiger partial charge in [0.15, 0.2) is 11.5 Å². The lowest BCUT2D eigenvalue weighted by molar-refractivity contribution is -0.130. The Hall–Kier alpha value is -4.05. The summed E-state index contributed by atoms with van der Waals surface area (Å²) in [4.78, 5) is 39.8. The average molecular weight is 485 g/mol. The summed E-state index contributed by atoms with van der Waals surface area (Å²) in [5.41, 5.74) is -0.794. The molecule has 0 aliphatic carbocycles. The highest BCUT2D eigenvalue weighted by Crippen LogP contribution is 2.37. The summed E-state index contributed by atoms with van der Waals surface area (Å²) in [6, 6.07) is 10.8. The zero-order valence-electron chi connectivity index (χ0n) is 18.5. The number of nitrogens with one attached hydrogen (secondary N) is 1. The molecule has 1 aliphatic heterocycles.